The minimum Gasteiger partial charge on any atom is -0.375 e. The van der Waals surface area contributed by atoms with Crippen LogP contribution in [0.15, 0.2) is 0 Å². The van der Waals surface area contributed by atoms with E-state index in [0.29, 0.717) is 6.42 Å². The van der Waals surface area contributed by atoms with E-state index in [1.165, 1.54) is 21.3 Å². The van der Waals surface area contributed by atoms with E-state index in [1.807, 2.05) is 0 Å². The summed E-state index contributed by atoms with van der Waals surface area (Å²) in [5.74, 6) is 0. The highest BCUT2D eigenvalue weighted by atomic mass is 28.4. The van der Waals surface area contributed by atoms with Gasteiger partial charge < -0.3 is 13.3 Å². The topological polar surface area (TPSA) is 47.6 Å². The van der Waals surface area contributed by atoms with Gasteiger partial charge in [-0.15, -0.1) is 0 Å². The van der Waals surface area contributed by atoms with Gasteiger partial charge in [-0.05, 0) is 6.42 Å². The highest BCUT2D eigenvalue weighted by Gasteiger charge is 2.47. The first-order chi connectivity index (χ1) is 5.16. The van der Waals surface area contributed by atoms with Crippen molar-refractivity contribution in [2.24, 2.45) is 0 Å². The summed E-state index contributed by atoms with van der Waals surface area (Å²) in [6.45, 7) is 1.79. The molecule has 0 amide bonds. The van der Waals surface area contributed by atoms with Gasteiger partial charge in [-0.1, -0.05) is 6.92 Å². The minimum absolute atomic E-state index is 0.460. The average molecular weight is 179 g/mol. The van der Waals surface area contributed by atoms with Gasteiger partial charge in [0.25, 0.3) is 0 Å². The van der Waals surface area contributed by atoms with Crippen LogP contribution in [0.1, 0.15) is 13.3 Å². The van der Waals surface area contributed by atoms with Gasteiger partial charge >= 0.3 is 8.80 Å². The van der Waals surface area contributed by atoms with Crippen LogP contribution in [0.2, 0.25) is 0 Å². The van der Waals surface area contributed by atoms with Gasteiger partial charge in [0.15, 0.2) is 5.73 Å². The molecule has 0 heterocycles. The summed E-state index contributed by atoms with van der Waals surface area (Å²) in [5, 5.41) is 11.3. The minimum atomic E-state index is -2.88. The zero-order chi connectivity index (χ0) is 8.91. The van der Waals surface area contributed by atoms with Crippen molar-refractivity contribution in [3.8, 4) is 0 Å². The quantitative estimate of drug-likeness (QED) is 0.581. The third-order valence-corrected chi connectivity index (χ3v) is 4.52. The second-order valence-electron chi connectivity index (χ2n) is 2.11. The van der Waals surface area contributed by atoms with Gasteiger partial charge in [-0.25, -0.2) is 5.11 Å². The molecule has 0 bridgehead atoms. The van der Waals surface area contributed by atoms with E-state index >= 15 is 0 Å². The lowest BCUT2D eigenvalue weighted by Gasteiger charge is -2.26. The van der Waals surface area contributed by atoms with E-state index in [9.17, 15) is 5.11 Å². The third-order valence-electron chi connectivity index (χ3n) is 1.62. The summed E-state index contributed by atoms with van der Waals surface area (Å²) < 4.78 is 14.9. The molecule has 0 aromatic rings. The SMILES string of the molecule is CCC([O])[Si](OC)(OC)OC. The molecule has 1 atom stereocenters. The Morgan fingerprint density at radius 1 is 1.18 bits per heavy atom. The highest BCUT2D eigenvalue weighted by Crippen LogP contribution is 2.14. The molecule has 4 nitrogen and oxygen atoms in total. The van der Waals surface area contributed by atoms with Crippen molar-refractivity contribution < 1.29 is 18.4 Å². The Kier molecular flexibility index (Phi) is 4.86. The smallest absolute Gasteiger partial charge is 0.375 e. The van der Waals surface area contributed by atoms with Crippen molar-refractivity contribution in [3.05, 3.63) is 0 Å². The van der Waals surface area contributed by atoms with Gasteiger partial charge in [0, 0.05) is 21.3 Å². The van der Waals surface area contributed by atoms with Crippen LogP contribution in [0.25, 0.3) is 0 Å². The Hall–Kier alpha value is 0.0569. The molecule has 0 fully saturated rings. The van der Waals surface area contributed by atoms with Crippen LogP contribution in [0.4, 0.5) is 0 Å². The molecular formula is C6H15O4Si. The monoisotopic (exact) mass is 179 g/mol. The molecule has 0 N–H and O–H groups in total. The van der Waals surface area contributed by atoms with Gasteiger partial charge in [0.05, 0.1) is 0 Å². The van der Waals surface area contributed by atoms with Gasteiger partial charge in [-0.2, -0.15) is 0 Å². The summed E-state index contributed by atoms with van der Waals surface area (Å²) in [5.41, 5.74) is -0.887. The Bertz CT molecular complexity index is 96.5. The summed E-state index contributed by atoms with van der Waals surface area (Å²) >= 11 is 0. The number of hydrogen-bond acceptors (Lipinski definition) is 3. The second kappa shape index (κ2) is 4.84. The predicted octanol–water partition coefficient (Wildman–Crippen LogP) is 0.613. The average Bonchev–Trinajstić information content (AvgIpc) is 2.08. The van der Waals surface area contributed by atoms with Crippen LogP contribution in [0, 0.1) is 0 Å². The van der Waals surface area contributed by atoms with Crippen LogP contribution in [-0.2, 0) is 18.4 Å². The molecule has 0 rings (SSSR count). The Balaban J connectivity index is 4.26. The molecule has 5 heteroatoms. The van der Waals surface area contributed by atoms with Crippen LogP contribution in [0.3, 0.4) is 0 Å². The van der Waals surface area contributed by atoms with Gasteiger partial charge in [-0.3, -0.25) is 0 Å². The summed E-state index contributed by atoms with van der Waals surface area (Å²) in [6.07, 6.45) is 0.460. The van der Waals surface area contributed by atoms with Crippen LogP contribution in [-0.4, -0.2) is 35.9 Å². The van der Waals surface area contributed by atoms with Crippen molar-refractivity contribution in [2.75, 3.05) is 21.3 Å². The first kappa shape index (κ1) is 11.1. The number of rotatable bonds is 5. The molecule has 1 unspecified atom stereocenters. The van der Waals surface area contributed by atoms with Crippen molar-refractivity contribution in [1.82, 2.24) is 0 Å². The lowest BCUT2D eigenvalue weighted by molar-refractivity contribution is 0.0255. The van der Waals surface area contributed by atoms with Crippen molar-refractivity contribution >= 4 is 8.80 Å². The molecule has 0 aliphatic rings. The van der Waals surface area contributed by atoms with Gasteiger partial charge in [0.2, 0.25) is 0 Å². The standard InChI is InChI=1S/C6H15O4Si/c1-5-6(7)11(8-2,9-3)10-4/h6H,5H2,1-4H3. The van der Waals surface area contributed by atoms with E-state index in [0.717, 1.165) is 0 Å². The van der Waals surface area contributed by atoms with E-state index in [1.54, 1.807) is 6.92 Å². The predicted molar refractivity (Wildman–Crippen MR) is 41.5 cm³/mol. The zero-order valence-electron chi connectivity index (χ0n) is 7.42. The number of hydrogen-bond donors (Lipinski definition) is 0. The maximum absolute atomic E-state index is 11.3. The summed E-state index contributed by atoms with van der Waals surface area (Å²) in [6, 6.07) is 0. The molecule has 0 aromatic heterocycles. The van der Waals surface area contributed by atoms with Crippen LogP contribution in [0.5, 0.6) is 0 Å². The lowest BCUT2D eigenvalue weighted by atomic mass is 10.5. The van der Waals surface area contributed by atoms with E-state index in [2.05, 4.69) is 0 Å². The van der Waals surface area contributed by atoms with Crippen molar-refractivity contribution in [1.29, 1.82) is 0 Å². The molecule has 0 aromatic carbocycles. The molecule has 0 saturated heterocycles. The van der Waals surface area contributed by atoms with Gasteiger partial charge in [0.1, 0.15) is 0 Å². The molecule has 0 aliphatic heterocycles. The van der Waals surface area contributed by atoms with E-state index in [4.69, 9.17) is 13.3 Å². The fraction of sp³-hybridized carbons (Fsp3) is 1.00. The Morgan fingerprint density at radius 2 is 1.55 bits per heavy atom. The summed E-state index contributed by atoms with van der Waals surface area (Å²) in [7, 11) is 1.46. The van der Waals surface area contributed by atoms with Crippen molar-refractivity contribution in [2.45, 2.75) is 19.1 Å². The van der Waals surface area contributed by atoms with Crippen molar-refractivity contribution in [3.63, 3.8) is 0 Å². The second-order valence-corrected chi connectivity index (χ2v) is 5.19. The molecule has 67 valence electrons. The molecule has 11 heavy (non-hydrogen) atoms. The molecule has 0 saturated carbocycles. The molecule has 1 radical (unpaired) electrons. The largest absolute Gasteiger partial charge is 0.534 e. The lowest BCUT2D eigenvalue weighted by Crippen LogP contribution is -2.53. The normalized spacial score (nSPS) is 15.0. The maximum atomic E-state index is 11.3. The third kappa shape index (κ3) is 2.24. The zero-order valence-corrected chi connectivity index (χ0v) is 8.42. The van der Waals surface area contributed by atoms with Crippen LogP contribution >= 0.6 is 0 Å². The fourth-order valence-corrected chi connectivity index (χ4v) is 2.68. The highest BCUT2D eigenvalue weighted by molar-refractivity contribution is 6.61. The molecular weight excluding hydrogens is 164 g/mol. The maximum Gasteiger partial charge on any atom is 0.534 e. The Morgan fingerprint density at radius 3 is 1.64 bits per heavy atom. The fourth-order valence-electron chi connectivity index (χ4n) is 0.894. The van der Waals surface area contributed by atoms with Crippen LogP contribution < -0.4 is 0 Å². The molecule has 0 spiro atoms. The molecule has 0 aliphatic carbocycles. The summed E-state index contributed by atoms with van der Waals surface area (Å²) in [4.78, 5) is 0. The van der Waals surface area contributed by atoms with E-state index < -0.39 is 14.5 Å². The first-order valence-corrected chi connectivity index (χ1v) is 5.28. The Labute approximate surface area is 68.4 Å². The first-order valence-electron chi connectivity index (χ1n) is 3.48. The van der Waals surface area contributed by atoms with E-state index in [-0.39, 0.29) is 0 Å².